The first kappa shape index (κ1) is 16.0. The highest BCUT2D eigenvalue weighted by atomic mass is 15.5. The van der Waals surface area contributed by atoms with Crippen molar-refractivity contribution in [1.82, 2.24) is 34.9 Å². The third kappa shape index (κ3) is 3.32. The zero-order chi connectivity index (χ0) is 17.2. The van der Waals surface area contributed by atoms with Gasteiger partial charge in [0.15, 0.2) is 5.82 Å². The van der Waals surface area contributed by atoms with Gasteiger partial charge in [-0.2, -0.15) is 9.78 Å². The van der Waals surface area contributed by atoms with Gasteiger partial charge in [-0.3, -0.25) is 9.58 Å². The molecule has 0 radical (unpaired) electrons. The van der Waals surface area contributed by atoms with Gasteiger partial charge in [0.1, 0.15) is 0 Å². The van der Waals surface area contributed by atoms with E-state index in [0.29, 0.717) is 6.04 Å². The summed E-state index contributed by atoms with van der Waals surface area (Å²) >= 11 is 0. The monoisotopic (exact) mass is 337 g/mol. The number of tetrazole rings is 1. The summed E-state index contributed by atoms with van der Waals surface area (Å²) in [5.74, 6) is 0.881. The Morgan fingerprint density at radius 3 is 2.76 bits per heavy atom. The fourth-order valence-electron chi connectivity index (χ4n) is 3.63. The summed E-state index contributed by atoms with van der Waals surface area (Å²) in [6.45, 7) is 6.92. The van der Waals surface area contributed by atoms with Gasteiger partial charge >= 0.3 is 0 Å². The van der Waals surface area contributed by atoms with E-state index >= 15 is 0 Å². The molecule has 0 N–H and O–H groups in total. The smallest absolute Gasteiger partial charge is 0.170 e. The summed E-state index contributed by atoms with van der Waals surface area (Å²) in [5.41, 5.74) is 3.30. The summed E-state index contributed by atoms with van der Waals surface area (Å²) in [7, 11) is 0. The maximum absolute atomic E-state index is 4.61. The minimum atomic E-state index is 0.471. The van der Waals surface area contributed by atoms with Crippen LogP contribution in [0, 0.1) is 13.8 Å². The Morgan fingerprint density at radius 2 is 2.00 bits per heavy atom. The molecular weight excluding hydrogens is 314 g/mol. The van der Waals surface area contributed by atoms with Crippen LogP contribution in [0.25, 0.3) is 5.69 Å². The van der Waals surface area contributed by atoms with E-state index in [0.717, 1.165) is 36.8 Å². The van der Waals surface area contributed by atoms with Crippen LogP contribution in [0.1, 0.15) is 30.1 Å². The summed E-state index contributed by atoms with van der Waals surface area (Å²) in [6, 6.07) is 12.7. The summed E-state index contributed by atoms with van der Waals surface area (Å²) in [5, 5.41) is 16.9. The van der Waals surface area contributed by atoms with Crippen LogP contribution in [0.3, 0.4) is 0 Å². The molecule has 25 heavy (non-hydrogen) atoms. The Bertz CT molecular complexity index is 836. The van der Waals surface area contributed by atoms with E-state index in [-0.39, 0.29) is 0 Å². The van der Waals surface area contributed by atoms with E-state index in [1.165, 1.54) is 18.5 Å². The Morgan fingerprint density at radius 1 is 1.16 bits per heavy atom. The fourth-order valence-corrected chi connectivity index (χ4v) is 3.63. The highest BCUT2D eigenvalue weighted by Crippen LogP contribution is 2.22. The molecule has 7 heteroatoms. The van der Waals surface area contributed by atoms with Gasteiger partial charge in [-0.05, 0) is 61.9 Å². The van der Waals surface area contributed by atoms with Crippen LogP contribution < -0.4 is 0 Å². The molecule has 0 saturated carbocycles. The molecule has 3 heterocycles. The van der Waals surface area contributed by atoms with Gasteiger partial charge in [0.2, 0.25) is 0 Å². The molecule has 1 saturated heterocycles. The van der Waals surface area contributed by atoms with E-state index in [4.69, 9.17) is 0 Å². The van der Waals surface area contributed by atoms with E-state index in [9.17, 15) is 0 Å². The average Bonchev–Trinajstić information content (AvgIpc) is 3.31. The van der Waals surface area contributed by atoms with Gasteiger partial charge in [0.05, 0.1) is 24.5 Å². The van der Waals surface area contributed by atoms with E-state index < -0.39 is 0 Å². The molecule has 0 amide bonds. The van der Waals surface area contributed by atoms with Crippen molar-refractivity contribution in [2.24, 2.45) is 0 Å². The first-order chi connectivity index (χ1) is 12.2. The predicted molar refractivity (Wildman–Crippen MR) is 94.3 cm³/mol. The van der Waals surface area contributed by atoms with Crippen molar-refractivity contribution in [2.45, 2.75) is 45.8 Å². The molecule has 130 valence electrons. The minimum Gasteiger partial charge on any atom is -0.291 e. The van der Waals surface area contributed by atoms with E-state index in [1.54, 1.807) is 0 Å². The topological polar surface area (TPSA) is 64.7 Å². The predicted octanol–water partition coefficient (Wildman–Crippen LogP) is 2.14. The highest BCUT2D eigenvalue weighted by molar-refractivity contribution is 5.30. The molecule has 1 aliphatic heterocycles. The number of aryl methyl sites for hydroxylation is 2. The molecule has 2 aromatic heterocycles. The van der Waals surface area contributed by atoms with Crippen molar-refractivity contribution in [3.8, 4) is 5.69 Å². The standard InChI is InChI=1S/C18H23N7/c1-14-11-15(2)24(20-14)12-17-9-6-10-23(17)13-18-19-21-22-25(18)16-7-4-3-5-8-16/h3-5,7-8,11,17H,6,9-10,12-13H2,1-2H3/t17-/m0/s1. The van der Waals surface area contributed by atoms with Crippen molar-refractivity contribution in [3.63, 3.8) is 0 Å². The lowest BCUT2D eigenvalue weighted by atomic mass is 10.2. The van der Waals surface area contributed by atoms with Crippen LogP contribution in [-0.4, -0.2) is 47.5 Å². The van der Waals surface area contributed by atoms with E-state index in [2.05, 4.69) is 43.2 Å². The lowest BCUT2D eigenvalue weighted by Crippen LogP contribution is -2.34. The van der Waals surface area contributed by atoms with Crippen molar-refractivity contribution >= 4 is 0 Å². The summed E-state index contributed by atoms with van der Waals surface area (Å²) < 4.78 is 3.96. The first-order valence-corrected chi connectivity index (χ1v) is 8.78. The van der Waals surface area contributed by atoms with Crippen LogP contribution in [-0.2, 0) is 13.1 Å². The molecule has 0 bridgehead atoms. The lowest BCUT2D eigenvalue weighted by Gasteiger charge is -2.24. The Hall–Kier alpha value is -2.54. The Balaban J connectivity index is 1.51. The molecule has 4 rings (SSSR count). The number of hydrogen-bond acceptors (Lipinski definition) is 5. The quantitative estimate of drug-likeness (QED) is 0.714. The maximum atomic E-state index is 4.61. The highest BCUT2D eigenvalue weighted by Gasteiger charge is 2.27. The van der Waals surface area contributed by atoms with Gasteiger partial charge < -0.3 is 0 Å². The van der Waals surface area contributed by atoms with Crippen LogP contribution in [0.2, 0.25) is 0 Å². The molecule has 1 atom stereocenters. The molecule has 1 fully saturated rings. The molecule has 0 aliphatic carbocycles. The largest absolute Gasteiger partial charge is 0.291 e. The Labute approximate surface area is 147 Å². The molecule has 7 nitrogen and oxygen atoms in total. The minimum absolute atomic E-state index is 0.471. The Kier molecular flexibility index (Phi) is 4.31. The maximum Gasteiger partial charge on any atom is 0.170 e. The molecule has 1 aliphatic rings. The first-order valence-electron chi connectivity index (χ1n) is 8.78. The van der Waals surface area contributed by atoms with Crippen LogP contribution in [0.4, 0.5) is 0 Å². The van der Waals surface area contributed by atoms with Gasteiger partial charge in [-0.1, -0.05) is 18.2 Å². The van der Waals surface area contributed by atoms with E-state index in [1.807, 2.05) is 41.9 Å². The molecule has 1 aromatic carbocycles. The molecule has 0 spiro atoms. The fraction of sp³-hybridized carbons (Fsp3) is 0.444. The third-order valence-corrected chi connectivity index (χ3v) is 4.87. The van der Waals surface area contributed by atoms with Crippen LogP contribution in [0.5, 0.6) is 0 Å². The summed E-state index contributed by atoms with van der Waals surface area (Å²) in [6.07, 6.45) is 2.39. The van der Waals surface area contributed by atoms with Crippen LogP contribution in [0.15, 0.2) is 36.4 Å². The van der Waals surface area contributed by atoms with Gasteiger partial charge in [0, 0.05) is 11.7 Å². The molecule has 0 unspecified atom stereocenters. The number of nitrogens with zero attached hydrogens (tertiary/aromatic N) is 7. The molecule has 3 aromatic rings. The number of benzene rings is 1. The third-order valence-electron chi connectivity index (χ3n) is 4.87. The number of hydrogen-bond donors (Lipinski definition) is 0. The van der Waals surface area contributed by atoms with Gasteiger partial charge in [-0.25, -0.2) is 0 Å². The number of para-hydroxylation sites is 1. The average molecular weight is 337 g/mol. The zero-order valence-corrected chi connectivity index (χ0v) is 14.7. The second kappa shape index (κ2) is 6.76. The summed E-state index contributed by atoms with van der Waals surface area (Å²) in [4.78, 5) is 2.47. The van der Waals surface area contributed by atoms with Crippen molar-refractivity contribution < 1.29 is 0 Å². The second-order valence-corrected chi connectivity index (χ2v) is 6.72. The van der Waals surface area contributed by atoms with Crippen molar-refractivity contribution in [2.75, 3.05) is 6.54 Å². The van der Waals surface area contributed by atoms with Crippen LogP contribution >= 0.6 is 0 Å². The van der Waals surface area contributed by atoms with Crippen molar-refractivity contribution in [1.29, 1.82) is 0 Å². The second-order valence-electron chi connectivity index (χ2n) is 6.72. The number of likely N-dealkylation sites (tertiary alicyclic amines) is 1. The van der Waals surface area contributed by atoms with Crippen molar-refractivity contribution in [3.05, 3.63) is 53.6 Å². The SMILES string of the molecule is Cc1cc(C)n(C[C@@H]2CCCN2Cc2nnnn2-c2ccccc2)n1. The van der Waals surface area contributed by atoms with Gasteiger partial charge in [0.25, 0.3) is 0 Å². The zero-order valence-electron chi connectivity index (χ0n) is 14.7. The normalized spacial score (nSPS) is 18.1. The lowest BCUT2D eigenvalue weighted by molar-refractivity contribution is 0.211. The van der Waals surface area contributed by atoms with Gasteiger partial charge in [-0.15, -0.1) is 5.10 Å². The number of rotatable bonds is 5. The number of aromatic nitrogens is 6. The molecular formula is C18H23N7.